The van der Waals surface area contributed by atoms with Crippen molar-refractivity contribution in [1.29, 1.82) is 0 Å². The Morgan fingerprint density at radius 2 is 2.00 bits per heavy atom. The molecular weight excluding hydrogens is 260 g/mol. The number of nitrogens with one attached hydrogen (secondary N) is 1. The van der Waals surface area contributed by atoms with E-state index in [4.69, 9.17) is 4.74 Å². The van der Waals surface area contributed by atoms with Crippen LogP contribution in [0.15, 0.2) is 35.3 Å². The van der Waals surface area contributed by atoms with E-state index in [1.54, 1.807) is 32.0 Å². The van der Waals surface area contributed by atoms with E-state index in [0.717, 1.165) is 0 Å². The number of para-hydroxylation sites is 1. The molecule has 104 valence electrons. The molecule has 0 unspecified atom stereocenters. The third-order valence-electron chi connectivity index (χ3n) is 2.81. The van der Waals surface area contributed by atoms with Crippen LogP contribution in [0.4, 0.5) is 0 Å². The van der Waals surface area contributed by atoms with Crippen molar-refractivity contribution in [3.63, 3.8) is 0 Å². The number of ketones is 1. The van der Waals surface area contributed by atoms with Crippen molar-refractivity contribution in [2.45, 2.75) is 13.8 Å². The van der Waals surface area contributed by atoms with Gasteiger partial charge in [-0.25, -0.2) is 9.59 Å². The number of nitrogens with zero attached hydrogens (tertiary/aromatic N) is 1. The highest BCUT2D eigenvalue weighted by Crippen LogP contribution is 2.15. The maximum absolute atomic E-state index is 12.1. The van der Waals surface area contributed by atoms with E-state index in [0.29, 0.717) is 11.4 Å². The maximum atomic E-state index is 12.1. The highest BCUT2D eigenvalue weighted by atomic mass is 16.5. The molecule has 1 aromatic carbocycles. The van der Waals surface area contributed by atoms with Gasteiger partial charge in [0.2, 0.25) is 0 Å². The van der Waals surface area contributed by atoms with Crippen molar-refractivity contribution in [2.24, 2.45) is 0 Å². The van der Waals surface area contributed by atoms with Crippen molar-refractivity contribution in [2.75, 3.05) is 6.61 Å². The first-order valence-corrected chi connectivity index (χ1v) is 6.14. The zero-order valence-electron chi connectivity index (χ0n) is 11.2. The van der Waals surface area contributed by atoms with Gasteiger partial charge in [0, 0.05) is 11.9 Å². The number of Topliss-reactive ketones (excluding diaryl/α,β-unsaturated/α-hetero) is 1. The first-order valence-electron chi connectivity index (χ1n) is 6.14. The van der Waals surface area contributed by atoms with Crippen LogP contribution in [0, 0.1) is 6.92 Å². The zero-order valence-corrected chi connectivity index (χ0v) is 11.2. The molecule has 0 saturated heterocycles. The number of imidazole rings is 1. The topological polar surface area (TPSA) is 81.2 Å². The molecule has 2 rings (SSSR count). The number of ether oxygens (including phenoxy) is 1. The molecular formula is C14H14N2O4. The van der Waals surface area contributed by atoms with Crippen molar-refractivity contribution < 1.29 is 14.3 Å². The molecule has 0 radical (unpaired) electrons. The Labute approximate surface area is 115 Å². The van der Waals surface area contributed by atoms with Crippen LogP contribution in [-0.2, 0) is 9.53 Å². The standard InChI is InChI=1S/C14H14N2O4/c1-3-20-13(18)12(17)10-6-4-5-7-11(10)16-9(2)8-15-14(16)19/h4-8H,3H2,1-2H3,(H,15,19). The zero-order chi connectivity index (χ0) is 14.7. The molecule has 0 bridgehead atoms. The summed E-state index contributed by atoms with van der Waals surface area (Å²) in [4.78, 5) is 38.0. The summed E-state index contributed by atoms with van der Waals surface area (Å²) in [6, 6.07) is 6.42. The fourth-order valence-electron chi connectivity index (χ4n) is 1.92. The van der Waals surface area contributed by atoms with E-state index in [1.807, 2.05) is 0 Å². The minimum absolute atomic E-state index is 0.121. The molecule has 6 heteroatoms. The van der Waals surface area contributed by atoms with Gasteiger partial charge in [0.25, 0.3) is 5.78 Å². The average Bonchev–Trinajstić information content (AvgIpc) is 2.77. The van der Waals surface area contributed by atoms with Crippen LogP contribution in [0.1, 0.15) is 23.0 Å². The number of benzene rings is 1. The second kappa shape index (κ2) is 5.56. The molecule has 2 aromatic rings. The SMILES string of the molecule is CCOC(=O)C(=O)c1ccccc1-n1c(C)c[nH]c1=O. The molecule has 1 heterocycles. The van der Waals surface area contributed by atoms with Gasteiger partial charge < -0.3 is 9.72 Å². The smallest absolute Gasteiger partial charge is 0.379 e. The third kappa shape index (κ3) is 2.40. The van der Waals surface area contributed by atoms with Gasteiger partial charge in [0.1, 0.15) is 0 Å². The van der Waals surface area contributed by atoms with E-state index >= 15 is 0 Å². The van der Waals surface area contributed by atoms with E-state index in [2.05, 4.69) is 4.98 Å². The number of aryl methyl sites for hydroxylation is 1. The highest BCUT2D eigenvalue weighted by Gasteiger charge is 2.22. The van der Waals surface area contributed by atoms with E-state index in [-0.39, 0.29) is 17.9 Å². The van der Waals surface area contributed by atoms with Crippen molar-refractivity contribution in [3.8, 4) is 5.69 Å². The van der Waals surface area contributed by atoms with Crippen LogP contribution in [0.5, 0.6) is 0 Å². The predicted octanol–water partition coefficient (Wildman–Crippen LogP) is 1.22. The molecule has 0 amide bonds. The van der Waals surface area contributed by atoms with E-state index in [1.165, 1.54) is 16.8 Å². The van der Waals surface area contributed by atoms with Gasteiger partial charge in [-0.15, -0.1) is 0 Å². The lowest BCUT2D eigenvalue weighted by Gasteiger charge is -2.09. The van der Waals surface area contributed by atoms with Crippen molar-refractivity contribution in [1.82, 2.24) is 9.55 Å². The molecule has 0 saturated carbocycles. The quantitative estimate of drug-likeness (QED) is 0.516. The summed E-state index contributed by atoms with van der Waals surface area (Å²) in [6.07, 6.45) is 1.54. The second-order valence-corrected chi connectivity index (χ2v) is 4.14. The summed E-state index contributed by atoms with van der Waals surface area (Å²) in [7, 11) is 0. The van der Waals surface area contributed by atoms with Gasteiger partial charge in [0.05, 0.1) is 17.9 Å². The molecule has 0 spiro atoms. The van der Waals surface area contributed by atoms with Crippen LogP contribution in [0.25, 0.3) is 5.69 Å². The van der Waals surface area contributed by atoms with Crippen LogP contribution in [0.3, 0.4) is 0 Å². The number of H-pyrrole nitrogens is 1. The largest absolute Gasteiger partial charge is 0.460 e. The Morgan fingerprint density at radius 3 is 2.60 bits per heavy atom. The summed E-state index contributed by atoms with van der Waals surface area (Å²) >= 11 is 0. The van der Waals surface area contributed by atoms with Gasteiger partial charge in [0.15, 0.2) is 0 Å². The number of hydrogen-bond donors (Lipinski definition) is 1. The van der Waals surface area contributed by atoms with Crippen molar-refractivity contribution >= 4 is 11.8 Å². The normalized spacial score (nSPS) is 10.3. The number of aromatic nitrogens is 2. The molecule has 0 aliphatic heterocycles. The summed E-state index contributed by atoms with van der Waals surface area (Å²) in [5.74, 6) is -1.70. The molecule has 0 aliphatic rings. The third-order valence-corrected chi connectivity index (χ3v) is 2.81. The molecule has 0 fully saturated rings. The summed E-state index contributed by atoms with van der Waals surface area (Å²) in [6.45, 7) is 3.47. The molecule has 1 N–H and O–H groups in total. The predicted molar refractivity (Wildman–Crippen MR) is 72.1 cm³/mol. The lowest BCUT2D eigenvalue weighted by atomic mass is 10.1. The number of carbonyl (C=O) groups is 2. The number of carbonyl (C=O) groups excluding carboxylic acids is 2. The Hall–Kier alpha value is -2.63. The Balaban J connectivity index is 2.55. The lowest BCUT2D eigenvalue weighted by Crippen LogP contribution is -2.23. The molecule has 0 atom stereocenters. The van der Waals surface area contributed by atoms with Gasteiger partial charge in [-0.05, 0) is 26.0 Å². The number of rotatable bonds is 4. The van der Waals surface area contributed by atoms with Crippen molar-refractivity contribution in [3.05, 3.63) is 52.2 Å². The lowest BCUT2D eigenvalue weighted by molar-refractivity contribution is -0.137. The monoisotopic (exact) mass is 274 g/mol. The Kier molecular flexibility index (Phi) is 3.84. The molecule has 0 aliphatic carbocycles. The molecule has 6 nitrogen and oxygen atoms in total. The second-order valence-electron chi connectivity index (χ2n) is 4.14. The Morgan fingerprint density at radius 1 is 1.30 bits per heavy atom. The maximum Gasteiger partial charge on any atom is 0.379 e. The first kappa shape index (κ1) is 13.8. The number of aromatic amines is 1. The van der Waals surface area contributed by atoms with Crippen LogP contribution >= 0.6 is 0 Å². The highest BCUT2D eigenvalue weighted by molar-refractivity contribution is 6.41. The average molecular weight is 274 g/mol. The number of esters is 1. The first-order chi connectivity index (χ1) is 9.56. The minimum atomic E-state index is -0.929. The summed E-state index contributed by atoms with van der Waals surface area (Å²) < 4.78 is 6.05. The molecule has 1 aromatic heterocycles. The number of hydrogen-bond acceptors (Lipinski definition) is 4. The minimum Gasteiger partial charge on any atom is -0.460 e. The summed E-state index contributed by atoms with van der Waals surface area (Å²) in [5, 5.41) is 0. The fourth-order valence-corrected chi connectivity index (χ4v) is 1.92. The van der Waals surface area contributed by atoms with Gasteiger partial charge in [-0.1, -0.05) is 12.1 Å². The van der Waals surface area contributed by atoms with Crippen LogP contribution in [-0.4, -0.2) is 27.9 Å². The van der Waals surface area contributed by atoms with Crippen LogP contribution < -0.4 is 5.69 Å². The summed E-state index contributed by atoms with van der Waals surface area (Å²) in [5.41, 5.74) is 0.760. The Bertz CT molecular complexity index is 712. The fraction of sp³-hybridized carbons (Fsp3) is 0.214. The van der Waals surface area contributed by atoms with E-state index in [9.17, 15) is 14.4 Å². The van der Waals surface area contributed by atoms with Gasteiger partial charge in [-0.3, -0.25) is 9.36 Å². The van der Waals surface area contributed by atoms with E-state index < -0.39 is 11.8 Å². The van der Waals surface area contributed by atoms with Crippen LogP contribution in [0.2, 0.25) is 0 Å². The van der Waals surface area contributed by atoms with Gasteiger partial charge in [-0.2, -0.15) is 0 Å². The molecule has 20 heavy (non-hydrogen) atoms. The van der Waals surface area contributed by atoms with Gasteiger partial charge >= 0.3 is 11.7 Å².